The van der Waals surface area contributed by atoms with Gasteiger partial charge in [-0.3, -0.25) is 4.79 Å². The van der Waals surface area contributed by atoms with Crippen LogP contribution in [0.2, 0.25) is 0 Å². The van der Waals surface area contributed by atoms with Crippen LogP contribution in [0.4, 0.5) is 0 Å². The molecule has 1 aromatic carbocycles. The number of hydrogen-bond acceptors (Lipinski definition) is 2. The molecule has 0 aliphatic carbocycles. The van der Waals surface area contributed by atoms with Gasteiger partial charge in [0.15, 0.2) is 0 Å². The van der Waals surface area contributed by atoms with Crippen LogP contribution in [0.5, 0.6) is 5.75 Å². The molecular formula is C12H13NO2. The van der Waals surface area contributed by atoms with Crippen LogP contribution in [0.1, 0.15) is 25.3 Å². The normalized spacial score (nSPS) is 11.1. The smallest absolute Gasteiger partial charge is 0.251 e. The van der Waals surface area contributed by atoms with Crippen molar-refractivity contribution in [1.29, 1.82) is 0 Å². The summed E-state index contributed by atoms with van der Waals surface area (Å²) in [6.45, 7) is 3.91. The fourth-order valence-electron chi connectivity index (χ4n) is 1.66. The number of fused-ring (bicyclic) bond motifs is 1. The van der Waals surface area contributed by atoms with Gasteiger partial charge >= 0.3 is 0 Å². The topological polar surface area (TPSA) is 53.1 Å². The van der Waals surface area contributed by atoms with Crippen molar-refractivity contribution in [3.8, 4) is 5.75 Å². The summed E-state index contributed by atoms with van der Waals surface area (Å²) in [4.78, 5) is 14.4. The van der Waals surface area contributed by atoms with E-state index in [0.29, 0.717) is 16.5 Å². The van der Waals surface area contributed by atoms with Crippen LogP contribution in [0, 0.1) is 0 Å². The number of hydrogen-bond donors (Lipinski definition) is 2. The van der Waals surface area contributed by atoms with Crippen molar-refractivity contribution >= 4 is 10.9 Å². The second-order valence-corrected chi connectivity index (χ2v) is 3.95. The first-order chi connectivity index (χ1) is 7.09. The van der Waals surface area contributed by atoms with Gasteiger partial charge in [-0.05, 0) is 24.1 Å². The minimum atomic E-state index is -0.0805. The highest BCUT2D eigenvalue weighted by molar-refractivity contribution is 5.85. The summed E-state index contributed by atoms with van der Waals surface area (Å²) in [5.74, 6) is 0.350. The molecule has 0 unspecified atom stereocenters. The van der Waals surface area contributed by atoms with Crippen LogP contribution in [0.25, 0.3) is 10.9 Å². The number of pyridine rings is 1. The molecule has 0 aliphatic heterocycles. The molecule has 0 amide bonds. The summed E-state index contributed by atoms with van der Waals surface area (Å²) >= 11 is 0. The SMILES string of the molecule is CC(C)c1cc2c(O)cccc2[nH]c1=O. The molecular weight excluding hydrogens is 190 g/mol. The van der Waals surface area contributed by atoms with E-state index in [1.54, 1.807) is 24.3 Å². The molecule has 1 heterocycles. The zero-order valence-electron chi connectivity index (χ0n) is 8.74. The Hall–Kier alpha value is -1.77. The van der Waals surface area contributed by atoms with Crippen LogP contribution in [0.3, 0.4) is 0 Å². The van der Waals surface area contributed by atoms with Gasteiger partial charge in [-0.1, -0.05) is 19.9 Å². The number of aromatic nitrogens is 1. The van der Waals surface area contributed by atoms with E-state index >= 15 is 0 Å². The summed E-state index contributed by atoms with van der Waals surface area (Å²) in [5.41, 5.74) is 1.29. The minimum absolute atomic E-state index is 0.0805. The third-order valence-corrected chi connectivity index (χ3v) is 2.52. The van der Waals surface area contributed by atoms with Crippen molar-refractivity contribution in [1.82, 2.24) is 4.98 Å². The van der Waals surface area contributed by atoms with E-state index in [1.165, 1.54) is 0 Å². The molecule has 78 valence electrons. The van der Waals surface area contributed by atoms with Gasteiger partial charge in [0.1, 0.15) is 5.75 Å². The molecule has 0 fully saturated rings. The highest BCUT2D eigenvalue weighted by atomic mass is 16.3. The lowest BCUT2D eigenvalue weighted by Crippen LogP contribution is -2.13. The van der Waals surface area contributed by atoms with Gasteiger partial charge < -0.3 is 10.1 Å². The molecule has 0 bridgehead atoms. The number of aromatic hydroxyl groups is 1. The Morgan fingerprint density at radius 3 is 2.73 bits per heavy atom. The Morgan fingerprint density at radius 2 is 2.07 bits per heavy atom. The average Bonchev–Trinajstić information content (AvgIpc) is 2.16. The minimum Gasteiger partial charge on any atom is -0.507 e. The number of aromatic amines is 1. The highest BCUT2D eigenvalue weighted by Gasteiger charge is 2.08. The van der Waals surface area contributed by atoms with Crippen LogP contribution < -0.4 is 5.56 Å². The maximum absolute atomic E-state index is 11.6. The number of H-pyrrole nitrogens is 1. The van der Waals surface area contributed by atoms with Gasteiger partial charge in [0.05, 0.1) is 5.52 Å². The van der Waals surface area contributed by atoms with Crippen LogP contribution >= 0.6 is 0 Å². The fourth-order valence-corrected chi connectivity index (χ4v) is 1.66. The van der Waals surface area contributed by atoms with Crippen molar-refractivity contribution in [2.75, 3.05) is 0 Å². The number of benzene rings is 1. The number of phenols is 1. The zero-order valence-corrected chi connectivity index (χ0v) is 8.74. The Bertz CT molecular complexity index is 555. The van der Waals surface area contributed by atoms with Gasteiger partial charge in [-0.25, -0.2) is 0 Å². The first-order valence-corrected chi connectivity index (χ1v) is 4.94. The molecule has 0 aliphatic rings. The van der Waals surface area contributed by atoms with Gasteiger partial charge in [0.2, 0.25) is 0 Å². The second kappa shape index (κ2) is 3.42. The Labute approximate surface area is 87.4 Å². The van der Waals surface area contributed by atoms with E-state index in [-0.39, 0.29) is 17.2 Å². The Balaban J connectivity index is 2.84. The first-order valence-electron chi connectivity index (χ1n) is 4.94. The maximum Gasteiger partial charge on any atom is 0.251 e. The molecule has 3 nitrogen and oxygen atoms in total. The predicted octanol–water partition coefficient (Wildman–Crippen LogP) is 2.36. The van der Waals surface area contributed by atoms with E-state index in [9.17, 15) is 9.90 Å². The standard InChI is InChI=1S/C12H13NO2/c1-7(2)8-6-9-10(13-12(8)15)4-3-5-11(9)14/h3-7,14H,1-2H3,(H,13,15). The molecule has 2 N–H and O–H groups in total. The molecule has 1 aromatic heterocycles. The number of nitrogens with one attached hydrogen (secondary N) is 1. The highest BCUT2D eigenvalue weighted by Crippen LogP contribution is 2.24. The Kier molecular flexibility index (Phi) is 2.23. The fraction of sp³-hybridized carbons (Fsp3) is 0.250. The van der Waals surface area contributed by atoms with Crippen LogP contribution in [-0.2, 0) is 0 Å². The van der Waals surface area contributed by atoms with Crippen molar-refractivity contribution in [3.63, 3.8) is 0 Å². The summed E-state index contributed by atoms with van der Waals surface area (Å²) in [6.07, 6.45) is 0. The van der Waals surface area contributed by atoms with E-state index in [2.05, 4.69) is 4.98 Å². The van der Waals surface area contributed by atoms with E-state index in [4.69, 9.17) is 0 Å². The molecule has 3 heteroatoms. The second-order valence-electron chi connectivity index (χ2n) is 3.95. The van der Waals surface area contributed by atoms with Crippen molar-refractivity contribution < 1.29 is 5.11 Å². The molecule has 0 radical (unpaired) electrons. The Morgan fingerprint density at radius 1 is 1.33 bits per heavy atom. The van der Waals surface area contributed by atoms with Gasteiger partial charge in [-0.2, -0.15) is 0 Å². The third kappa shape index (κ3) is 1.61. The van der Waals surface area contributed by atoms with Crippen LogP contribution in [-0.4, -0.2) is 10.1 Å². The van der Waals surface area contributed by atoms with Crippen molar-refractivity contribution in [2.24, 2.45) is 0 Å². The van der Waals surface area contributed by atoms with Gasteiger partial charge in [-0.15, -0.1) is 0 Å². The summed E-state index contributed by atoms with van der Waals surface area (Å²) < 4.78 is 0. The summed E-state index contributed by atoms with van der Waals surface area (Å²) in [7, 11) is 0. The van der Waals surface area contributed by atoms with E-state index in [1.807, 2.05) is 13.8 Å². The predicted molar refractivity (Wildman–Crippen MR) is 60.3 cm³/mol. The molecule has 2 rings (SSSR count). The van der Waals surface area contributed by atoms with Crippen LogP contribution in [0.15, 0.2) is 29.1 Å². The van der Waals surface area contributed by atoms with Gasteiger partial charge in [0.25, 0.3) is 5.56 Å². The van der Waals surface area contributed by atoms with Gasteiger partial charge in [0, 0.05) is 10.9 Å². The van der Waals surface area contributed by atoms with E-state index in [0.717, 1.165) is 0 Å². The lowest BCUT2D eigenvalue weighted by Gasteiger charge is -2.06. The van der Waals surface area contributed by atoms with E-state index < -0.39 is 0 Å². The number of rotatable bonds is 1. The molecule has 0 atom stereocenters. The van der Waals surface area contributed by atoms with Crippen molar-refractivity contribution in [3.05, 3.63) is 40.2 Å². The van der Waals surface area contributed by atoms with Crippen molar-refractivity contribution in [2.45, 2.75) is 19.8 Å². The molecule has 0 saturated heterocycles. The summed E-state index contributed by atoms with van der Waals surface area (Å²) in [6, 6.07) is 6.86. The lowest BCUT2D eigenvalue weighted by atomic mass is 10.0. The average molecular weight is 203 g/mol. The largest absolute Gasteiger partial charge is 0.507 e. The lowest BCUT2D eigenvalue weighted by molar-refractivity contribution is 0.481. The quantitative estimate of drug-likeness (QED) is 0.747. The molecule has 0 saturated carbocycles. The zero-order chi connectivity index (χ0) is 11.0. The molecule has 15 heavy (non-hydrogen) atoms. The maximum atomic E-state index is 11.6. The number of phenolic OH excluding ortho intramolecular Hbond substituents is 1. The molecule has 2 aromatic rings. The summed E-state index contributed by atoms with van der Waals surface area (Å²) in [5, 5.41) is 10.3. The third-order valence-electron chi connectivity index (χ3n) is 2.52. The monoisotopic (exact) mass is 203 g/mol. The molecule has 0 spiro atoms. The first kappa shape index (κ1) is 9.77.